The van der Waals surface area contributed by atoms with Crippen LogP contribution in [0.5, 0.6) is 11.5 Å². The van der Waals surface area contributed by atoms with Gasteiger partial charge in [0.15, 0.2) is 0 Å². The number of benzene rings is 2. The van der Waals surface area contributed by atoms with Gasteiger partial charge >= 0.3 is 0 Å². The highest BCUT2D eigenvalue weighted by Crippen LogP contribution is 2.25. The second-order valence-corrected chi connectivity index (χ2v) is 6.79. The number of aryl methyl sites for hydroxylation is 2. The average molecular weight is 395 g/mol. The van der Waals surface area contributed by atoms with E-state index < -0.39 is 0 Å². The molecule has 3 aromatic rings. The molecule has 0 fully saturated rings. The molecule has 0 saturated heterocycles. The van der Waals surface area contributed by atoms with Crippen LogP contribution in [0.4, 0.5) is 0 Å². The second kappa shape index (κ2) is 9.23. The molecule has 29 heavy (non-hydrogen) atoms. The third-order valence-electron chi connectivity index (χ3n) is 4.65. The minimum absolute atomic E-state index is 0.0158. The zero-order chi connectivity index (χ0) is 20.8. The van der Waals surface area contributed by atoms with Crippen LogP contribution in [0.3, 0.4) is 0 Å². The van der Waals surface area contributed by atoms with Crippen molar-refractivity contribution in [2.75, 3.05) is 21.3 Å². The molecule has 0 aliphatic heterocycles. The van der Waals surface area contributed by atoms with Crippen LogP contribution < -0.4 is 9.47 Å². The summed E-state index contributed by atoms with van der Waals surface area (Å²) in [6.45, 7) is 2.46. The summed E-state index contributed by atoms with van der Waals surface area (Å²) in [7, 11) is 4.96. The van der Waals surface area contributed by atoms with Crippen molar-refractivity contribution in [3.8, 4) is 23.0 Å². The molecule has 0 N–H and O–H groups in total. The number of amides is 1. The van der Waals surface area contributed by atoms with Gasteiger partial charge in [-0.3, -0.25) is 4.79 Å². The van der Waals surface area contributed by atoms with E-state index in [1.54, 1.807) is 32.2 Å². The largest absolute Gasteiger partial charge is 0.497 e. The second-order valence-electron chi connectivity index (χ2n) is 6.79. The molecular formula is C22H25N3O4. The average Bonchev–Trinajstić information content (AvgIpc) is 3.21. The van der Waals surface area contributed by atoms with Crippen LogP contribution in [0.25, 0.3) is 11.5 Å². The fourth-order valence-corrected chi connectivity index (χ4v) is 2.90. The van der Waals surface area contributed by atoms with Gasteiger partial charge in [-0.05, 0) is 31.2 Å². The molecule has 0 aliphatic carbocycles. The SMILES string of the molecule is COc1ccc(CN(C)C(=O)CCc2nnc(-c3ccc(C)cc3)o2)c(OC)c1. The van der Waals surface area contributed by atoms with E-state index in [9.17, 15) is 4.79 Å². The summed E-state index contributed by atoms with van der Waals surface area (Å²) in [5.41, 5.74) is 2.93. The zero-order valence-electron chi connectivity index (χ0n) is 17.1. The first-order valence-corrected chi connectivity index (χ1v) is 9.34. The predicted molar refractivity (Wildman–Crippen MR) is 109 cm³/mol. The summed E-state index contributed by atoms with van der Waals surface area (Å²) in [5, 5.41) is 8.13. The van der Waals surface area contributed by atoms with Gasteiger partial charge in [0, 0.05) is 43.6 Å². The highest BCUT2D eigenvalue weighted by atomic mass is 16.5. The topological polar surface area (TPSA) is 77.7 Å². The summed E-state index contributed by atoms with van der Waals surface area (Å²) in [6, 6.07) is 13.4. The van der Waals surface area contributed by atoms with Crippen molar-refractivity contribution >= 4 is 5.91 Å². The molecule has 0 atom stereocenters. The molecule has 152 valence electrons. The van der Waals surface area contributed by atoms with Gasteiger partial charge in [-0.25, -0.2) is 0 Å². The van der Waals surface area contributed by atoms with Crippen molar-refractivity contribution in [2.45, 2.75) is 26.3 Å². The Morgan fingerprint density at radius 2 is 1.83 bits per heavy atom. The van der Waals surface area contributed by atoms with E-state index in [2.05, 4.69) is 10.2 Å². The monoisotopic (exact) mass is 395 g/mol. The van der Waals surface area contributed by atoms with Gasteiger partial charge in [-0.15, -0.1) is 10.2 Å². The third-order valence-corrected chi connectivity index (χ3v) is 4.65. The highest BCUT2D eigenvalue weighted by molar-refractivity contribution is 5.76. The Hall–Kier alpha value is -3.35. The van der Waals surface area contributed by atoms with Gasteiger partial charge in [-0.2, -0.15) is 0 Å². The number of aromatic nitrogens is 2. The van der Waals surface area contributed by atoms with Crippen LogP contribution in [0.2, 0.25) is 0 Å². The standard InChI is InChI=1S/C22H25N3O4/c1-15-5-7-16(8-6-15)22-24-23-20(29-22)11-12-21(26)25(2)14-17-9-10-18(27-3)13-19(17)28-4/h5-10,13H,11-12,14H2,1-4H3. The predicted octanol–water partition coefficient (Wildman–Crippen LogP) is 3.65. The van der Waals surface area contributed by atoms with E-state index in [1.807, 2.05) is 43.3 Å². The molecule has 0 aliphatic rings. The van der Waals surface area contributed by atoms with Crippen molar-refractivity contribution in [3.63, 3.8) is 0 Å². The van der Waals surface area contributed by atoms with Crippen LogP contribution in [-0.4, -0.2) is 42.3 Å². The normalized spacial score (nSPS) is 10.6. The number of carbonyl (C=O) groups excluding carboxylic acids is 1. The van der Waals surface area contributed by atoms with E-state index >= 15 is 0 Å². The smallest absolute Gasteiger partial charge is 0.247 e. The molecule has 1 amide bonds. The van der Waals surface area contributed by atoms with Crippen LogP contribution in [0.1, 0.15) is 23.4 Å². The van der Waals surface area contributed by atoms with Crippen LogP contribution in [0.15, 0.2) is 46.9 Å². The number of rotatable bonds is 8. The fraction of sp³-hybridized carbons (Fsp3) is 0.318. The lowest BCUT2D eigenvalue weighted by Gasteiger charge is -2.19. The van der Waals surface area contributed by atoms with Crippen molar-refractivity contribution in [3.05, 3.63) is 59.5 Å². The number of nitrogens with zero attached hydrogens (tertiary/aromatic N) is 3. The summed E-state index contributed by atoms with van der Waals surface area (Å²) < 4.78 is 16.3. The van der Waals surface area contributed by atoms with E-state index in [4.69, 9.17) is 13.9 Å². The van der Waals surface area contributed by atoms with E-state index in [-0.39, 0.29) is 12.3 Å². The first kappa shape index (κ1) is 20.4. The van der Waals surface area contributed by atoms with Crippen molar-refractivity contribution in [1.29, 1.82) is 0 Å². The van der Waals surface area contributed by atoms with Crippen LogP contribution in [0, 0.1) is 6.92 Å². The number of ether oxygens (including phenoxy) is 2. The zero-order valence-corrected chi connectivity index (χ0v) is 17.1. The lowest BCUT2D eigenvalue weighted by atomic mass is 10.1. The minimum Gasteiger partial charge on any atom is -0.497 e. The molecule has 0 saturated carbocycles. The van der Waals surface area contributed by atoms with E-state index in [0.717, 1.165) is 16.7 Å². The third kappa shape index (κ3) is 5.13. The molecular weight excluding hydrogens is 370 g/mol. The lowest BCUT2D eigenvalue weighted by molar-refractivity contribution is -0.130. The van der Waals surface area contributed by atoms with E-state index in [0.29, 0.717) is 36.2 Å². The molecule has 7 heteroatoms. The summed E-state index contributed by atoms with van der Waals surface area (Å²) in [4.78, 5) is 14.2. The van der Waals surface area contributed by atoms with Crippen molar-refractivity contribution in [2.24, 2.45) is 0 Å². The fourth-order valence-electron chi connectivity index (χ4n) is 2.90. The minimum atomic E-state index is -0.0158. The van der Waals surface area contributed by atoms with Crippen molar-refractivity contribution < 1.29 is 18.7 Å². The van der Waals surface area contributed by atoms with Gasteiger partial charge in [0.1, 0.15) is 11.5 Å². The Kier molecular flexibility index (Phi) is 6.49. The number of hydrogen-bond donors (Lipinski definition) is 0. The first-order valence-electron chi connectivity index (χ1n) is 9.34. The van der Waals surface area contributed by atoms with Gasteiger partial charge in [0.2, 0.25) is 17.7 Å². The van der Waals surface area contributed by atoms with Crippen LogP contribution >= 0.6 is 0 Å². The Morgan fingerprint density at radius 3 is 2.52 bits per heavy atom. The highest BCUT2D eigenvalue weighted by Gasteiger charge is 2.15. The quantitative estimate of drug-likeness (QED) is 0.579. The van der Waals surface area contributed by atoms with Crippen molar-refractivity contribution in [1.82, 2.24) is 15.1 Å². The molecule has 0 unspecified atom stereocenters. The Labute approximate surface area is 170 Å². The van der Waals surface area contributed by atoms with E-state index in [1.165, 1.54) is 0 Å². The maximum Gasteiger partial charge on any atom is 0.247 e. The number of hydrogen-bond acceptors (Lipinski definition) is 6. The molecule has 0 bridgehead atoms. The lowest BCUT2D eigenvalue weighted by Crippen LogP contribution is -2.26. The molecule has 2 aromatic carbocycles. The Balaban J connectivity index is 1.57. The van der Waals surface area contributed by atoms with Gasteiger partial charge in [0.25, 0.3) is 0 Å². The molecule has 1 heterocycles. The molecule has 3 rings (SSSR count). The molecule has 0 spiro atoms. The summed E-state index contributed by atoms with van der Waals surface area (Å²) in [5.74, 6) is 2.29. The maximum atomic E-state index is 12.5. The van der Waals surface area contributed by atoms with Gasteiger partial charge in [0.05, 0.1) is 14.2 Å². The summed E-state index contributed by atoms with van der Waals surface area (Å²) >= 11 is 0. The summed E-state index contributed by atoms with van der Waals surface area (Å²) in [6.07, 6.45) is 0.673. The first-order chi connectivity index (χ1) is 14.0. The maximum absolute atomic E-state index is 12.5. The Morgan fingerprint density at radius 1 is 1.07 bits per heavy atom. The number of methoxy groups -OCH3 is 2. The molecule has 1 aromatic heterocycles. The van der Waals surface area contributed by atoms with Gasteiger partial charge < -0.3 is 18.8 Å². The Bertz CT molecular complexity index is 966. The number of carbonyl (C=O) groups is 1. The van der Waals surface area contributed by atoms with Gasteiger partial charge in [-0.1, -0.05) is 17.7 Å². The molecule has 0 radical (unpaired) electrons. The molecule has 7 nitrogen and oxygen atoms in total. The van der Waals surface area contributed by atoms with Crippen LogP contribution in [-0.2, 0) is 17.8 Å².